The minimum atomic E-state index is 0.733. The van der Waals surface area contributed by atoms with Gasteiger partial charge in [-0.1, -0.05) is 67.8 Å². The molecule has 32 heavy (non-hydrogen) atoms. The summed E-state index contributed by atoms with van der Waals surface area (Å²) in [5, 5.41) is 0. The van der Waals surface area contributed by atoms with Crippen molar-refractivity contribution >= 4 is 11.3 Å². The zero-order valence-electron chi connectivity index (χ0n) is 20.2. The molecule has 0 aromatic heterocycles. The maximum Gasteiger partial charge on any atom is 0.136 e. The second kappa shape index (κ2) is 11.0. The number of likely N-dealkylation sites (tertiary alicyclic amines) is 1. The SMILES string of the molecule is C=CC(=C\C)/C(=C/C)c1c(C)ccc(C(=C)N2CCC(Cc3ccccc3)CC2)c1OC. The van der Waals surface area contributed by atoms with E-state index in [1.165, 1.54) is 24.0 Å². The molecule has 0 unspecified atom stereocenters. The summed E-state index contributed by atoms with van der Waals surface area (Å²) in [6, 6.07) is 15.2. The topological polar surface area (TPSA) is 12.5 Å². The number of aryl methyl sites for hydroxylation is 1. The first-order chi connectivity index (χ1) is 15.5. The van der Waals surface area contributed by atoms with Crippen molar-refractivity contribution in [2.45, 2.75) is 40.0 Å². The third kappa shape index (κ3) is 5.07. The van der Waals surface area contributed by atoms with Crippen LogP contribution in [-0.4, -0.2) is 25.1 Å². The predicted molar refractivity (Wildman–Crippen MR) is 139 cm³/mol. The van der Waals surface area contributed by atoms with Crippen molar-refractivity contribution in [1.29, 1.82) is 0 Å². The first-order valence-electron chi connectivity index (χ1n) is 11.7. The molecule has 1 saturated heterocycles. The van der Waals surface area contributed by atoms with E-state index in [1.54, 1.807) is 7.11 Å². The van der Waals surface area contributed by atoms with Crippen molar-refractivity contribution in [3.63, 3.8) is 0 Å². The van der Waals surface area contributed by atoms with Gasteiger partial charge in [0.1, 0.15) is 5.75 Å². The minimum Gasteiger partial charge on any atom is -0.495 e. The third-order valence-corrected chi connectivity index (χ3v) is 6.64. The highest BCUT2D eigenvalue weighted by molar-refractivity contribution is 5.88. The Morgan fingerprint density at radius 3 is 2.31 bits per heavy atom. The Morgan fingerprint density at radius 2 is 1.75 bits per heavy atom. The van der Waals surface area contributed by atoms with E-state index >= 15 is 0 Å². The van der Waals surface area contributed by atoms with E-state index in [4.69, 9.17) is 4.74 Å². The van der Waals surface area contributed by atoms with Gasteiger partial charge in [-0.3, -0.25) is 0 Å². The molecule has 168 valence electrons. The van der Waals surface area contributed by atoms with Crippen molar-refractivity contribution in [3.8, 4) is 5.75 Å². The predicted octanol–water partition coefficient (Wildman–Crippen LogP) is 7.46. The van der Waals surface area contributed by atoms with Crippen molar-refractivity contribution in [2.75, 3.05) is 20.2 Å². The zero-order chi connectivity index (χ0) is 23.1. The summed E-state index contributed by atoms with van der Waals surface area (Å²) >= 11 is 0. The van der Waals surface area contributed by atoms with E-state index in [0.717, 1.165) is 59.1 Å². The molecule has 0 N–H and O–H groups in total. The Labute approximate surface area is 194 Å². The molecule has 1 aliphatic heterocycles. The maximum absolute atomic E-state index is 6.00. The van der Waals surface area contributed by atoms with E-state index in [-0.39, 0.29) is 0 Å². The third-order valence-electron chi connectivity index (χ3n) is 6.64. The maximum atomic E-state index is 6.00. The fourth-order valence-corrected chi connectivity index (χ4v) is 4.82. The fraction of sp³-hybridized carbons (Fsp3) is 0.333. The summed E-state index contributed by atoms with van der Waals surface area (Å²) in [6.45, 7) is 16.8. The number of ether oxygens (including phenoxy) is 1. The van der Waals surface area contributed by atoms with E-state index < -0.39 is 0 Å². The average Bonchev–Trinajstić information content (AvgIpc) is 2.83. The molecule has 2 nitrogen and oxygen atoms in total. The lowest BCUT2D eigenvalue weighted by atomic mass is 9.88. The van der Waals surface area contributed by atoms with Crippen LogP contribution in [0.25, 0.3) is 11.3 Å². The molecule has 0 bridgehead atoms. The summed E-state index contributed by atoms with van der Waals surface area (Å²) in [5.74, 6) is 1.63. The van der Waals surface area contributed by atoms with Gasteiger partial charge < -0.3 is 9.64 Å². The van der Waals surface area contributed by atoms with Crippen LogP contribution in [0.3, 0.4) is 0 Å². The van der Waals surface area contributed by atoms with Gasteiger partial charge in [-0.15, -0.1) is 0 Å². The molecule has 1 aliphatic rings. The monoisotopic (exact) mass is 427 g/mol. The molecule has 0 spiro atoms. The lowest BCUT2D eigenvalue weighted by Crippen LogP contribution is -2.33. The second-order valence-corrected chi connectivity index (χ2v) is 8.56. The van der Waals surface area contributed by atoms with Crippen molar-refractivity contribution < 1.29 is 4.74 Å². The molecule has 0 atom stereocenters. The number of hydrogen-bond donors (Lipinski definition) is 0. The van der Waals surface area contributed by atoms with Gasteiger partial charge in [0.25, 0.3) is 0 Å². The largest absolute Gasteiger partial charge is 0.495 e. The fourth-order valence-electron chi connectivity index (χ4n) is 4.82. The van der Waals surface area contributed by atoms with Crippen LogP contribution < -0.4 is 4.74 Å². The molecule has 0 saturated carbocycles. The van der Waals surface area contributed by atoms with Gasteiger partial charge in [-0.05, 0) is 74.3 Å². The van der Waals surface area contributed by atoms with Crippen LogP contribution in [0.2, 0.25) is 0 Å². The molecule has 1 heterocycles. The number of rotatable bonds is 8. The Kier molecular flexibility index (Phi) is 8.16. The van der Waals surface area contributed by atoms with Gasteiger partial charge in [0.05, 0.1) is 7.11 Å². The highest BCUT2D eigenvalue weighted by Crippen LogP contribution is 2.40. The van der Waals surface area contributed by atoms with Gasteiger partial charge in [-0.2, -0.15) is 0 Å². The number of allylic oxidation sites excluding steroid dienone is 5. The van der Waals surface area contributed by atoms with E-state index in [2.05, 4.69) is 86.5 Å². The Bertz CT molecular complexity index is 1000. The molecule has 0 amide bonds. The zero-order valence-corrected chi connectivity index (χ0v) is 20.2. The van der Waals surface area contributed by atoms with Crippen molar-refractivity contribution in [3.05, 3.63) is 102 Å². The Hall–Kier alpha value is -3.00. The van der Waals surface area contributed by atoms with Crippen LogP contribution >= 0.6 is 0 Å². The minimum absolute atomic E-state index is 0.733. The lowest BCUT2D eigenvalue weighted by molar-refractivity contribution is 0.254. The Balaban J connectivity index is 1.82. The summed E-state index contributed by atoms with van der Waals surface area (Å²) in [5.41, 5.74) is 8.14. The van der Waals surface area contributed by atoms with Crippen LogP contribution in [0, 0.1) is 12.8 Å². The summed E-state index contributed by atoms with van der Waals surface area (Å²) < 4.78 is 6.00. The molecule has 2 aromatic carbocycles. The van der Waals surface area contributed by atoms with Crippen molar-refractivity contribution in [2.24, 2.45) is 5.92 Å². The van der Waals surface area contributed by atoms with Crippen LogP contribution in [0.1, 0.15) is 48.9 Å². The van der Waals surface area contributed by atoms with E-state index in [0.29, 0.717) is 0 Å². The molecule has 1 fully saturated rings. The second-order valence-electron chi connectivity index (χ2n) is 8.56. The average molecular weight is 428 g/mol. The van der Waals surface area contributed by atoms with Gasteiger partial charge in [0.15, 0.2) is 0 Å². The number of piperidine rings is 1. The molecule has 0 aliphatic carbocycles. The summed E-state index contributed by atoms with van der Waals surface area (Å²) in [6.07, 6.45) is 9.69. The lowest BCUT2D eigenvalue weighted by Gasteiger charge is -2.35. The van der Waals surface area contributed by atoms with E-state index in [1.807, 2.05) is 13.0 Å². The molecule has 2 aromatic rings. The number of methoxy groups -OCH3 is 1. The van der Waals surface area contributed by atoms with Crippen molar-refractivity contribution in [1.82, 2.24) is 4.90 Å². The highest BCUT2D eigenvalue weighted by Gasteiger charge is 2.24. The molecule has 3 rings (SSSR count). The number of benzene rings is 2. The summed E-state index contributed by atoms with van der Waals surface area (Å²) in [4.78, 5) is 2.43. The number of nitrogens with zero attached hydrogens (tertiary/aromatic N) is 1. The normalized spacial score (nSPS) is 15.6. The smallest absolute Gasteiger partial charge is 0.136 e. The van der Waals surface area contributed by atoms with Crippen LogP contribution in [-0.2, 0) is 6.42 Å². The first-order valence-corrected chi connectivity index (χ1v) is 11.7. The number of hydrogen-bond acceptors (Lipinski definition) is 2. The Morgan fingerprint density at radius 1 is 1.06 bits per heavy atom. The first kappa shape index (κ1) is 23.7. The van der Waals surface area contributed by atoms with Gasteiger partial charge in [0, 0.05) is 29.9 Å². The van der Waals surface area contributed by atoms with E-state index in [9.17, 15) is 0 Å². The summed E-state index contributed by atoms with van der Waals surface area (Å²) in [7, 11) is 1.76. The molecule has 0 radical (unpaired) electrons. The quantitative estimate of drug-likeness (QED) is 0.405. The van der Waals surface area contributed by atoms with Gasteiger partial charge in [0.2, 0.25) is 0 Å². The van der Waals surface area contributed by atoms with Gasteiger partial charge >= 0.3 is 0 Å². The highest BCUT2D eigenvalue weighted by atomic mass is 16.5. The molecular formula is C30H37NO. The standard InChI is InChI=1S/C30H37NO/c1-7-26(8-2)27(9-3)29-22(4)15-16-28(30(29)32-6)23(5)31-19-17-25(18-20-31)21-24-13-11-10-12-14-24/h7-16,25H,1,5,17-21H2,2-4,6H3/b26-8+,27-9-. The van der Waals surface area contributed by atoms with Gasteiger partial charge in [-0.25, -0.2) is 0 Å². The van der Waals surface area contributed by atoms with Crippen LogP contribution in [0.15, 0.2) is 79.4 Å². The molecular weight excluding hydrogens is 390 g/mol. The van der Waals surface area contributed by atoms with Crippen LogP contribution in [0.5, 0.6) is 5.75 Å². The molecule has 2 heteroatoms. The van der Waals surface area contributed by atoms with Crippen LogP contribution in [0.4, 0.5) is 0 Å².